The number of anilines is 1. The normalized spacial score (nSPS) is 13.0. The van der Waals surface area contributed by atoms with E-state index in [-0.39, 0.29) is 12.3 Å². The number of nitrogens with zero attached hydrogens (tertiary/aromatic N) is 3. The van der Waals surface area contributed by atoms with Crippen molar-refractivity contribution in [2.24, 2.45) is 0 Å². The van der Waals surface area contributed by atoms with Gasteiger partial charge in [-0.1, -0.05) is 18.2 Å². The highest BCUT2D eigenvalue weighted by Gasteiger charge is 2.27. The number of carbonyl (C=O) groups excluding carboxylic acids is 1. The molecule has 5 nitrogen and oxygen atoms in total. The quantitative estimate of drug-likeness (QED) is 0.684. The van der Waals surface area contributed by atoms with Crippen LogP contribution in [0.4, 0.5) is 14.5 Å². The average molecular weight is 369 g/mol. The van der Waals surface area contributed by atoms with E-state index < -0.39 is 11.6 Å². The molecular formula is C20H17F2N3O2. The highest BCUT2D eigenvalue weighted by Crippen LogP contribution is 2.31. The van der Waals surface area contributed by atoms with Crippen molar-refractivity contribution >= 4 is 11.6 Å². The summed E-state index contributed by atoms with van der Waals surface area (Å²) in [6.45, 7) is 0.368. The first-order chi connectivity index (χ1) is 13.1. The molecule has 1 aliphatic heterocycles. The van der Waals surface area contributed by atoms with Crippen LogP contribution in [0.15, 0.2) is 46.9 Å². The fraction of sp³-hybridized carbons (Fsp3) is 0.250. The third-order valence-corrected chi connectivity index (χ3v) is 4.58. The monoisotopic (exact) mass is 369 g/mol. The summed E-state index contributed by atoms with van der Waals surface area (Å²) in [7, 11) is 0. The first kappa shape index (κ1) is 17.3. The summed E-state index contributed by atoms with van der Waals surface area (Å²) < 4.78 is 32.9. The Morgan fingerprint density at radius 2 is 1.96 bits per heavy atom. The summed E-state index contributed by atoms with van der Waals surface area (Å²) in [4.78, 5) is 13.9. The van der Waals surface area contributed by atoms with E-state index in [4.69, 9.17) is 4.42 Å². The number of carbonyl (C=O) groups is 1. The highest BCUT2D eigenvalue weighted by molar-refractivity contribution is 5.95. The Morgan fingerprint density at radius 3 is 2.78 bits per heavy atom. The van der Waals surface area contributed by atoms with Gasteiger partial charge in [-0.05, 0) is 31.0 Å². The first-order valence-corrected chi connectivity index (χ1v) is 8.78. The molecule has 2 aromatic carbocycles. The van der Waals surface area contributed by atoms with Crippen LogP contribution >= 0.6 is 0 Å². The van der Waals surface area contributed by atoms with E-state index in [1.807, 2.05) is 30.3 Å². The number of hydrogen-bond donors (Lipinski definition) is 0. The molecule has 1 aliphatic rings. The van der Waals surface area contributed by atoms with Crippen molar-refractivity contribution in [1.29, 1.82) is 0 Å². The van der Waals surface area contributed by atoms with Crippen LogP contribution in [0, 0.1) is 11.6 Å². The molecule has 0 atom stereocenters. The Hall–Kier alpha value is -3.09. The number of amides is 1. The molecular weight excluding hydrogens is 352 g/mol. The minimum Gasteiger partial charge on any atom is -0.421 e. The number of rotatable bonds is 5. The Bertz CT molecular complexity index is 973. The molecule has 3 aromatic rings. The Balaban J connectivity index is 1.36. The van der Waals surface area contributed by atoms with Crippen molar-refractivity contribution in [2.45, 2.75) is 25.7 Å². The predicted molar refractivity (Wildman–Crippen MR) is 95.1 cm³/mol. The Labute approximate surface area is 154 Å². The van der Waals surface area contributed by atoms with Gasteiger partial charge in [0, 0.05) is 36.6 Å². The summed E-state index contributed by atoms with van der Waals surface area (Å²) in [6, 6.07) is 11.5. The van der Waals surface area contributed by atoms with E-state index in [1.54, 1.807) is 0 Å². The molecule has 4 rings (SSSR count). The number of fused-ring (bicyclic) bond motifs is 1. The van der Waals surface area contributed by atoms with Crippen molar-refractivity contribution in [2.75, 3.05) is 11.4 Å². The smallest absolute Gasteiger partial charge is 0.247 e. The van der Waals surface area contributed by atoms with Crippen molar-refractivity contribution in [3.05, 3.63) is 65.6 Å². The molecule has 0 fully saturated rings. The molecule has 2 heterocycles. The Morgan fingerprint density at radius 1 is 1.15 bits per heavy atom. The van der Waals surface area contributed by atoms with E-state index in [1.165, 1.54) is 11.0 Å². The highest BCUT2D eigenvalue weighted by atomic mass is 19.1. The maximum absolute atomic E-state index is 13.8. The van der Waals surface area contributed by atoms with Gasteiger partial charge in [0.15, 0.2) is 0 Å². The third-order valence-electron chi connectivity index (χ3n) is 4.58. The maximum atomic E-state index is 13.8. The van der Waals surface area contributed by atoms with Crippen molar-refractivity contribution in [1.82, 2.24) is 10.2 Å². The molecule has 0 spiro atoms. The number of halogens is 2. The van der Waals surface area contributed by atoms with Crippen LogP contribution in [0.25, 0.3) is 11.5 Å². The van der Waals surface area contributed by atoms with Crippen LogP contribution in [-0.4, -0.2) is 22.6 Å². The summed E-state index contributed by atoms with van der Waals surface area (Å²) in [5.41, 5.74) is 1.57. The molecule has 0 bridgehead atoms. The lowest BCUT2D eigenvalue weighted by Gasteiger charge is -2.17. The zero-order valence-corrected chi connectivity index (χ0v) is 14.5. The molecule has 1 aromatic heterocycles. The molecule has 0 aliphatic carbocycles. The number of aromatic nitrogens is 2. The standard InChI is InChI=1S/C20H17F2N3O2/c21-14-11-16(22)15-9-10-25(17(15)12-14)19(26)8-4-7-18-23-24-20(27-18)13-5-2-1-3-6-13/h1-3,5-6,11-12H,4,7-10H2. The lowest BCUT2D eigenvalue weighted by molar-refractivity contribution is -0.118. The van der Waals surface area contributed by atoms with E-state index in [2.05, 4.69) is 10.2 Å². The molecule has 0 radical (unpaired) electrons. The lowest BCUT2D eigenvalue weighted by Crippen LogP contribution is -2.28. The molecule has 0 N–H and O–H groups in total. The van der Waals surface area contributed by atoms with Gasteiger partial charge < -0.3 is 9.32 Å². The van der Waals surface area contributed by atoms with Gasteiger partial charge in [-0.25, -0.2) is 8.78 Å². The molecule has 7 heteroatoms. The van der Waals surface area contributed by atoms with E-state index in [9.17, 15) is 13.6 Å². The van der Waals surface area contributed by atoms with Crippen LogP contribution < -0.4 is 4.90 Å². The van der Waals surface area contributed by atoms with Crippen LogP contribution in [0.1, 0.15) is 24.3 Å². The fourth-order valence-electron chi connectivity index (χ4n) is 3.26. The van der Waals surface area contributed by atoms with E-state index in [0.29, 0.717) is 48.8 Å². The van der Waals surface area contributed by atoms with Gasteiger partial charge >= 0.3 is 0 Å². The van der Waals surface area contributed by atoms with Gasteiger partial charge in [-0.3, -0.25) is 4.79 Å². The SMILES string of the molecule is O=C(CCCc1nnc(-c2ccccc2)o1)N1CCc2c(F)cc(F)cc21. The van der Waals surface area contributed by atoms with Crippen molar-refractivity contribution in [3.63, 3.8) is 0 Å². The number of benzene rings is 2. The summed E-state index contributed by atoms with van der Waals surface area (Å²) in [6.07, 6.45) is 1.61. The molecule has 0 unspecified atom stereocenters. The minimum absolute atomic E-state index is 0.165. The number of aryl methyl sites for hydroxylation is 1. The summed E-state index contributed by atoms with van der Waals surface area (Å²) >= 11 is 0. The van der Waals surface area contributed by atoms with Crippen molar-refractivity contribution in [3.8, 4) is 11.5 Å². The van der Waals surface area contributed by atoms with Crippen LogP contribution in [-0.2, 0) is 17.6 Å². The minimum atomic E-state index is -0.676. The second-order valence-electron chi connectivity index (χ2n) is 6.40. The van der Waals surface area contributed by atoms with Gasteiger partial charge in [-0.2, -0.15) is 0 Å². The topological polar surface area (TPSA) is 59.2 Å². The lowest BCUT2D eigenvalue weighted by atomic mass is 10.1. The molecule has 0 saturated heterocycles. The van der Waals surface area contributed by atoms with Crippen LogP contribution in [0.5, 0.6) is 0 Å². The molecule has 0 saturated carbocycles. The van der Waals surface area contributed by atoms with Gasteiger partial charge in [-0.15, -0.1) is 10.2 Å². The predicted octanol–water partition coefficient (Wildman–Crippen LogP) is 3.93. The van der Waals surface area contributed by atoms with Gasteiger partial charge in [0.2, 0.25) is 17.7 Å². The molecule has 1 amide bonds. The molecule has 138 valence electrons. The Kier molecular flexibility index (Phi) is 4.66. The van der Waals surface area contributed by atoms with E-state index >= 15 is 0 Å². The van der Waals surface area contributed by atoms with Gasteiger partial charge in [0.25, 0.3) is 0 Å². The van der Waals surface area contributed by atoms with E-state index in [0.717, 1.165) is 11.6 Å². The summed E-state index contributed by atoms with van der Waals surface area (Å²) in [5.74, 6) is -0.539. The van der Waals surface area contributed by atoms with Gasteiger partial charge in [0.05, 0.1) is 5.69 Å². The largest absolute Gasteiger partial charge is 0.421 e. The zero-order chi connectivity index (χ0) is 18.8. The van der Waals surface area contributed by atoms with Crippen LogP contribution in [0.2, 0.25) is 0 Å². The zero-order valence-electron chi connectivity index (χ0n) is 14.5. The second-order valence-corrected chi connectivity index (χ2v) is 6.40. The molecule has 27 heavy (non-hydrogen) atoms. The van der Waals surface area contributed by atoms with Crippen molar-refractivity contribution < 1.29 is 18.0 Å². The second kappa shape index (κ2) is 7.26. The average Bonchev–Trinajstić information content (AvgIpc) is 3.29. The first-order valence-electron chi connectivity index (χ1n) is 8.78. The maximum Gasteiger partial charge on any atom is 0.247 e. The van der Waals surface area contributed by atoms with Gasteiger partial charge in [0.1, 0.15) is 11.6 Å². The third kappa shape index (κ3) is 3.58. The van der Waals surface area contributed by atoms with Crippen LogP contribution in [0.3, 0.4) is 0 Å². The summed E-state index contributed by atoms with van der Waals surface area (Å²) in [5, 5.41) is 8.02. The fourth-order valence-corrected chi connectivity index (χ4v) is 3.26. The number of hydrogen-bond acceptors (Lipinski definition) is 4.